The maximum atomic E-state index is 14.4. The average molecular weight is 314 g/mol. The average Bonchev–Trinajstić information content (AvgIpc) is 2.59. The number of allylic oxidation sites excluding steroid dienone is 9. The summed E-state index contributed by atoms with van der Waals surface area (Å²) in [5.41, 5.74) is 6.94. The predicted octanol–water partition coefficient (Wildman–Crippen LogP) is 7.02. The lowest BCUT2D eigenvalue weighted by atomic mass is 9.77. The van der Waals surface area contributed by atoms with Gasteiger partial charge in [0.25, 0.3) is 0 Å². The largest absolute Gasteiger partial charge is 0.244 e. The molecule has 0 amide bonds. The molecule has 2 aliphatic carbocycles. The molecule has 0 N–H and O–H groups in total. The molecule has 0 aromatic heterocycles. The number of alkyl halides is 1. The van der Waals surface area contributed by atoms with E-state index < -0.39 is 5.67 Å². The van der Waals surface area contributed by atoms with Gasteiger partial charge in [-0.05, 0) is 76.0 Å². The molecule has 1 atom stereocenters. The van der Waals surface area contributed by atoms with Crippen LogP contribution >= 0.6 is 0 Å². The molecule has 1 heteroatoms. The van der Waals surface area contributed by atoms with E-state index in [1.54, 1.807) is 13.8 Å². The fraction of sp³-hybridized carbons (Fsp3) is 0.545. The van der Waals surface area contributed by atoms with E-state index in [0.717, 1.165) is 31.3 Å². The predicted molar refractivity (Wildman–Crippen MR) is 99.2 cm³/mol. The standard InChI is InChI=1S/C22H31F/c1-15(2)18-12-11-16(3)20(13-18)21-17(4)9-7-8-10-19(21)14-22(5,6)23/h7-8,12,17H,1,9-11,13-14H2,2-6H3. The summed E-state index contributed by atoms with van der Waals surface area (Å²) in [5.74, 6) is 0.459. The van der Waals surface area contributed by atoms with Crippen LogP contribution < -0.4 is 0 Å². The van der Waals surface area contributed by atoms with E-state index in [4.69, 9.17) is 0 Å². The monoisotopic (exact) mass is 314 g/mol. The van der Waals surface area contributed by atoms with Crippen LogP contribution in [0.4, 0.5) is 4.39 Å². The molecule has 0 heterocycles. The van der Waals surface area contributed by atoms with Crippen LogP contribution in [0.25, 0.3) is 0 Å². The van der Waals surface area contributed by atoms with Crippen LogP contribution in [-0.2, 0) is 0 Å². The van der Waals surface area contributed by atoms with Gasteiger partial charge < -0.3 is 0 Å². The van der Waals surface area contributed by atoms with Gasteiger partial charge in [-0.1, -0.05) is 48.5 Å². The molecular weight excluding hydrogens is 283 g/mol. The summed E-state index contributed by atoms with van der Waals surface area (Å²) >= 11 is 0. The normalized spacial score (nSPS) is 23.0. The molecule has 0 nitrogen and oxygen atoms in total. The lowest BCUT2D eigenvalue weighted by Crippen LogP contribution is -2.16. The van der Waals surface area contributed by atoms with Crippen LogP contribution in [0.5, 0.6) is 0 Å². The molecule has 126 valence electrons. The zero-order valence-electron chi connectivity index (χ0n) is 15.4. The summed E-state index contributed by atoms with van der Waals surface area (Å²) in [7, 11) is 0. The highest BCUT2D eigenvalue weighted by molar-refractivity contribution is 5.49. The highest BCUT2D eigenvalue weighted by atomic mass is 19.1. The first-order chi connectivity index (χ1) is 10.7. The molecule has 0 saturated heterocycles. The van der Waals surface area contributed by atoms with Gasteiger partial charge in [0.1, 0.15) is 5.67 Å². The number of halogens is 1. The highest BCUT2D eigenvalue weighted by Gasteiger charge is 2.27. The second-order valence-electron chi connectivity index (χ2n) is 7.87. The molecule has 0 radical (unpaired) electrons. The van der Waals surface area contributed by atoms with Gasteiger partial charge >= 0.3 is 0 Å². The summed E-state index contributed by atoms with van der Waals surface area (Å²) in [6.45, 7) is 14.1. The van der Waals surface area contributed by atoms with Gasteiger partial charge in [0, 0.05) is 6.42 Å². The smallest absolute Gasteiger partial charge is 0.109 e. The quantitative estimate of drug-likeness (QED) is 0.489. The third-order valence-corrected chi connectivity index (χ3v) is 4.94. The molecule has 0 saturated carbocycles. The Morgan fingerprint density at radius 1 is 1.30 bits per heavy atom. The van der Waals surface area contributed by atoms with Gasteiger partial charge in [0.05, 0.1) is 0 Å². The van der Waals surface area contributed by atoms with E-state index in [9.17, 15) is 4.39 Å². The summed E-state index contributed by atoms with van der Waals surface area (Å²) in [6, 6.07) is 0. The van der Waals surface area contributed by atoms with Crippen LogP contribution in [0.15, 0.2) is 58.2 Å². The van der Waals surface area contributed by atoms with Gasteiger partial charge in [-0.3, -0.25) is 0 Å². The van der Waals surface area contributed by atoms with Crippen molar-refractivity contribution in [3.63, 3.8) is 0 Å². The molecular formula is C22H31F. The highest BCUT2D eigenvalue weighted by Crippen LogP contribution is 2.41. The second kappa shape index (κ2) is 7.03. The summed E-state index contributed by atoms with van der Waals surface area (Å²) in [5, 5.41) is 0. The molecule has 2 rings (SSSR count). The van der Waals surface area contributed by atoms with Crippen molar-refractivity contribution in [2.45, 2.75) is 72.4 Å². The number of rotatable bonds is 4. The first-order valence-corrected chi connectivity index (χ1v) is 8.78. The van der Waals surface area contributed by atoms with E-state index in [1.165, 1.54) is 27.9 Å². The van der Waals surface area contributed by atoms with Gasteiger partial charge in [-0.15, -0.1) is 0 Å². The van der Waals surface area contributed by atoms with Gasteiger partial charge in [0.2, 0.25) is 0 Å². The Hall–Kier alpha value is -1.37. The van der Waals surface area contributed by atoms with Crippen molar-refractivity contribution in [1.82, 2.24) is 0 Å². The number of hydrogen-bond acceptors (Lipinski definition) is 0. The van der Waals surface area contributed by atoms with Crippen molar-refractivity contribution < 1.29 is 4.39 Å². The molecule has 0 aromatic rings. The lowest BCUT2D eigenvalue weighted by Gasteiger charge is -2.28. The van der Waals surface area contributed by atoms with E-state index in [2.05, 4.69) is 45.6 Å². The van der Waals surface area contributed by atoms with Gasteiger partial charge in [0.15, 0.2) is 0 Å². The first kappa shape index (κ1) is 18.0. The molecule has 0 fully saturated rings. The first-order valence-electron chi connectivity index (χ1n) is 8.78. The van der Waals surface area contributed by atoms with E-state index >= 15 is 0 Å². The Morgan fingerprint density at radius 2 is 2.00 bits per heavy atom. The van der Waals surface area contributed by atoms with Gasteiger partial charge in [-0.25, -0.2) is 4.39 Å². The Balaban J connectivity index is 2.47. The minimum atomic E-state index is -1.16. The van der Waals surface area contributed by atoms with Gasteiger partial charge in [-0.2, -0.15) is 0 Å². The minimum absolute atomic E-state index is 0.459. The van der Waals surface area contributed by atoms with Crippen LogP contribution in [0, 0.1) is 5.92 Å². The zero-order chi connectivity index (χ0) is 17.2. The van der Waals surface area contributed by atoms with Crippen molar-refractivity contribution in [2.75, 3.05) is 0 Å². The van der Waals surface area contributed by atoms with Crippen LogP contribution in [0.1, 0.15) is 66.7 Å². The van der Waals surface area contributed by atoms with Crippen LogP contribution in [0.2, 0.25) is 0 Å². The minimum Gasteiger partial charge on any atom is -0.244 e. The molecule has 2 aliphatic rings. The molecule has 0 aromatic carbocycles. The molecule has 0 bridgehead atoms. The van der Waals surface area contributed by atoms with Crippen molar-refractivity contribution in [2.24, 2.45) is 5.92 Å². The Labute approximate surface area is 141 Å². The maximum absolute atomic E-state index is 14.4. The Morgan fingerprint density at radius 3 is 2.61 bits per heavy atom. The van der Waals surface area contributed by atoms with Crippen molar-refractivity contribution >= 4 is 0 Å². The Bertz CT molecular complexity index is 602. The molecule has 1 unspecified atom stereocenters. The van der Waals surface area contributed by atoms with Crippen molar-refractivity contribution in [1.29, 1.82) is 0 Å². The number of hydrogen-bond donors (Lipinski definition) is 0. The van der Waals surface area contributed by atoms with Crippen molar-refractivity contribution in [3.05, 3.63) is 58.2 Å². The van der Waals surface area contributed by atoms with E-state index in [-0.39, 0.29) is 0 Å². The fourth-order valence-corrected chi connectivity index (χ4v) is 3.75. The molecule has 23 heavy (non-hydrogen) atoms. The topological polar surface area (TPSA) is 0 Å². The second-order valence-corrected chi connectivity index (χ2v) is 7.87. The third-order valence-electron chi connectivity index (χ3n) is 4.94. The van der Waals surface area contributed by atoms with Crippen molar-refractivity contribution in [3.8, 4) is 0 Å². The van der Waals surface area contributed by atoms with E-state index in [1.807, 2.05) is 0 Å². The SMILES string of the molecule is C=C(C)C1=CCC(C)=C(C2=C(CC(C)(C)F)CC=CCC2C)C1. The lowest BCUT2D eigenvalue weighted by molar-refractivity contribution is 0.215. The summed E-state index contributed by atoms with van der Waals surface area (Å²) < 4.78 is 14.4. The maximum Gasteiger partial charge on any atom is 0.109 e. The Kier molecular flexibility index (Phi) is 5.49. The zero-order valence-corrected chi connectivity index (χ0v) is 15.4. The fourth-order valence-electron chi connectivity index (χ4n) is 3.75. The summed E-state index contributed by atoms with van der Waals surface area (Å²) in [4.78, 5) is 0. The molecule has 0 spiro atoms. The molecule has 0 aliphatic heterocycles. The summed E-state index contributed by atoms with van der Waals surface area (Å²) in [6.07, 6.45) is 11.2. The third kappa shape index (κ3) is 4.56. The van der Waals surface area contributed by atoms with Crippen LogP contribution in [-0.4, -0.2) is 5.67 Å². The van der Waals surface area contributed by atoms with E-state index in [0.29, 0.717) is 12.3 Å². The van der Waals surface area contributed by atoms with Crippen LogP contribution in [0.3, 0.4) is 0 Å².